The SMILES string of the molecule is Cc1nnc(CSc2nn(-c3ccc(F)cc3)c(=S)s2)o1. The highest BCUT2D eigenvalue weighted by atomic mass is 32.2. The molecule has 0 fully saturated rings. The number of hydrogen-bond donors (Lipinski definition) is 0. The van der Waals surface area contributed by atoms with Gasteiger partial charge in [-0.3, -0.25) is 0 Å². The van der Waals surface area contributed by atoms with Crippen molar-refractivity contribution in [1.82, 2.24) is 20.0 Å². The second-order valence-corrected chi connectivity index (χ2v) is 6.87. The zero-order valence-corrected chi connectivity index (χ0v) is 13.3. The predicted molar refractivity (Wildman–Crippen MR) is 80.8 cm³/mol. The molecule has 3 rings (SSSR count). The van der Waals surface area contributed by atoms with Gasteiger partial charge in [0.1, 0.15) is 5.82 Å². The van der Waals surface area contributed by atoms with Crippen molar-refractivity contribution in [2.24, 2.45) is 0 Å². The molecule has 0 radical (unpaired) electrons. The summed E-state index contributed by atoms with van der Waals surface area (Å²) in [5, 5.41) is 12.1. The standard InChI is InChI=1S/C12H9FN4OS3/c1-7-14-15-10(18-7)6-20-11-16-17(12(19)21-11)9-4-2-8(13)3-5-9/h2-5H,6H2,1H3. The van der Waals surface area contributed by atoms with Gasteiger partial charge in [-0.05, 0) is 36.5 Å². The van der Waals surface area contributed by atoms with Gasteiger partial charge in [0.25, 0.3) is 0 Å². The van der Waals surface area contributed by atoms with Gasteiger partial charge < -0.3 is 4.42 Å². The van der Waals surface area contributed by atoms with Crippen molar-refractivity contribution in [2.45, 2.75) is 17.0 Å². The van der Waals surface area contributed by atoms with Gasteiger partial charge in [-0.2, -0.15) is 0 Å². The summed E-state index contributed by atoms with van der Waals surface area (Å²) in [5.41, 5.74) is 0.734. The van der Waals surface area contributed by atoms with Crippen LogP contribution in [0.25, 0.3) is 5.69 Å². The van der Waals surface area contributed by atoms with Gasteiger partial charge in [0.15, 0.2) is 8.29 Å². The normalized spacial score (nSPS) is 11.0. The van der Waals surface area contributed by atoms with Crippen molar-refractivity contribution in [2.75, 3.05) is 0 Å². The fourth-order valence-electron chi connectivity index (χ4n) is 1.58. The van der Waals surface area contributed by atoms with E-state index in [1.54, 1.807) is 23.7 Å². The molecule has 2 heterocycles. The first-order valence-corrected chi connectivity index (χ1v) is 8.11. The predicted octanol–water partition coefficient (Wildman–Crippen LogP) is 3.79. The summed E-state index contributed by atoms with van der Waals surface area (Å²) in [6, 6.07) is 6.04. The summed E-state index contributed by atoms with van der Waals surface area (Å²) in [6.07, 6.45) is 0. The molecule has 9 heteroatoms. The van der Waals surface area contributed by atoms with E-state index in [0.29, 0.717) is 21.5 Å². The zero-order chi connectivity index (χ0) is 14.8. The first-order valence-electron chi connectivity index (χ1n) is 5.90. The van der Waals surface area contributed by atoms with Gasteiger partial charge in [-0.15, -0.1) is 15.3 Å². The van der Waals surface area contributed by atoms with E-state index in [9.17, 15) is 4.39 Å². The lowest BCUT2D eigenvalue weighted by atomic mass is 10.3. The summed E-state index contributed by atoms with van der Waals surface area (Å²) in [5.74, 6) is 1.33. The Hall–Kier alpha value is -1.58. The highest BCUT2D eigenvalue weighted by Gasteiger charge is 2.09. The summed E-state index contributed by atoms with van der Waals surface area (Å²) >= 11 is 8.14. The number of nitrogens with zero attached hydrogens (tertiary/aromatic N) is 4. The molecule has 0 unspecified atom stereocenters. The van der Waals surface area contributed by atoms with Crippen molar-refractivity contribution in [3.05, 3.63) is 45.8 Å². The smallest absolute Gasteiger partial charge is 0.226 e. The Morgan fingerprint density at radius 2 is 2.10 bits per heavy atom. The fourth-order valence-corrected chi connectivity index (χ4v) is 3.78. The number of hydrogen-bond acceptors (Lipinski definition) is 7. The Labute approximate surface area is 132 Å². The Kier molecular flexibility index (Phi) is 4.13. The molecule has 0 bridgehead atoms. The van der Waals surface area contributed by atoms with Crippen LogP contribution in [-0.2, 0) is 5.75 Å². The van der Waals surface area contributed by atoms with Crippen molar-refractivity contribution < 1.29 is 8.81 Å². The van der Waals surface area contributed by atoms with Crippen LogP contribution in [0.2, 0.25) is 0 Å². The number of aromatic nitrogens is 4. The molecular formula is C12H9FN4OS3. The van der Waals surface area contributed by atoms with Crippen molar-refractivity contribution in [1.29, 1.82) is 0 Å². The Morgan fingerprint density at radius 3 is 2.76 bits per heavy atom. The average molecular weight is 340 g/mol. The maximum absolute atomic E-state index is 12.9. The molecule has 0 aliphatic heterocycles. The van der Waals surface area contributed by atoms with Gasteiger partial charge in [-0.1, -0.05) is 23.1 Å². The maximum atomic E-state index is 12.9. The molecule has 0 aliphatic carbocycles. The first-order chi connectivity index (χ1) is 10.1. The number of benzene rings is 1. The molecule has 0 atom stereocenters. The van der Waals surface area contributed by atoms with Crippen LogP contribution in [0.3, 0.4) is 0 Å². The van der Waals surface area contributed by atoms with Crippen LogP contribution in [0.15, 0.2) is 33.0 Å². The molecule has 2 aromatic heterocycles. The minimum atomic E-state index is -0.290. The minimum absolute atomic E-state index is 0.290. The maximum Gasteiger partial charge on any atom is 0.226 e. The number of rotatable bonds is 4. The Balaban J connectivity index is 1.78. The molecule has 0 N–H and O–H groups in total. The van der Waals surface area contributed by atoms with E-state index in [1.807, 2.05) is 0 Å². The highest BCUT2D eigenvalue weighted by molar-refractivity contribution is 8.00. The van der Waals surface area contributed by atoms with Crippen LogP contribution in [0, 0.1) is 16.7 Å². The van der Waals surface area contributed by atoms with E-state index >= 15 is 0 Å². The van der Waals surface area contributed by atoms with E-state index < -0.39 is 0 Å². The van der Waals surface area contributed by atoms with Crippen molar-refractivity contribution >= 4 is 35.3 Å². The number of aryl methyl sites for hydroxylation is 1. The Bertz CT molecular complexity index is 809. The van der Waals surface area contributed by atoms with Crippen LogP contribution in [-0.4, -0.2) is 20.0 Å². The molecule has 3 aromatic rings. The second-order valence-electron chi connectivity index (χ2n) is 4.03. The van der Waals surface area contributed by atoms with Crippen LogP contribution in [0.1, 0.15) is 11.8 Å². The largest absolute Gasteiger partial charge is 0.425 e. The lowest BCUT2D eigenvalue weighted by Gasteiger charge is -1.99. The first kappa shape index (κ1) is 14.4. The van der Waals surface area contributed by atoms with Gasteiger partial charge in [-0.25, -0.2) is 9.07 Å². The second kappa shape index (κ2) is 6.04. The van der Waals surface area contributed by atoms with Gasteiger partial charge in [0.05, 0.1) is 11.4 Å². The molecule has 108 valence electrons. The molecule has 1 aromatic carbocycles. The van der Waals surface area contributed by atoms with Crippen LogP contribution < -0.4 is 0 Å². The van der Waals surface area contributed by atoms with E-state index in [2.05, 4.69) is 15.3 Å². The average Bonchev–Trinajstić information content (AvgIpc) is 3.04. The monoisotopic (exact) mass is 340 g/mol. The zero-order valence-electron chi connectivity index (χ0n) is 10.8. The van der Waals surface area contributed by atoms with Crippen molar-refractivity contribution in [3.63, 3.8) is 0 Å². The summed E-state index contributed by atoms with van der Waals surface area (Å²) in [6.45, 7) is 1.74. The lowest BCUT2D eigenvalue weighted by Crippen LogP contribution is -1.96. The highest BCUT2D eigenvalue weighted by Crippen LogP contribution is 2.26. The lowest BCUT2D eigenvalue weighted by molar-refractivity contribution is 0.485. The fraction of sp³-hybridized carbons (Fsp3) is 0.167. The van der Waals surface area contributed by atoms with Crippen LogP contribution >= 0.6 is 35.3 Å². The quantitative estimate of drug-likeness (QED) is 0.532. The Morgan fingerprint density at radius 1 is 1.33 bits per heavy atom. The third-order valence-electron chi connectivity index (χ3n) is 2.49. The van der Waals surface area contributed by atoms with Gasteiger partial charge in [0, 0.05) is 6.92 Å². The van der Waals surface area contributed by atoms with Gasteiger partial charge >= 0.3 is 0 Å². The van der Waals surface area contributed by atoms with E-state index in [1.165, 1.54) is 35.2 Å². The van der Waals surface area contributed by atoms with Gasteiger partial charge in [0.2, 0.25) is 11.8 Å². The summed E-state index contributed by atoms with van der Waals surface area (Å²) < 4.78 is 21.2. The molecule has 0 aliphatic rings. The molecule has 0 saturated carbocycles. The third kappa shape index (κ3) is 3.36. The molecular weight excluding hydrogens is 331 g/mol. The van der Waals surface area contributed by atoms with Crippen LogP contribution in [0.5, 0.6) is 0 Å². The summed E-state index contributed by atoms with van der Waals surface area (Å²) in [7, 11) is 0. The molecule has 0 spiro atoms. The number of thioether (sulfide) groups is 1. The molecule has 0 saturated heterocycles. The number of halogens is 1. The van der Waals surface area contributed by atoms with Crippen LogP contribution in [0.4, 0.5) is 4.39 Å². The summed E-state index contributed by atoms with van der Waals surface area (Å²) in [4.78, 5) is 0. The topological polar surface area (TPSA) is 56.7 Å². The van der Waals surface area contributed by atoms with E-state index in [0.717, 1.165) is 10.0 Å². The minimum Gasteiger partial charge on any atom is -0.425 e. The van der Waals surface area contributed by atoms with Crippen molar-refractivity contribution in [3.8, 4) is 5.69 Å². The molecule has 5 nitrogen and oxygen atoms in total. The molecule has 0 amide bonds. The molecule has 21 heavy (non-hydrogen) atoms. The third-order valence-corrected chi connectivity index (χ3v) is 4.84. The van der Waals surface area contributed by atoms with E-state index in [4.69, 9.17) is 16.6 Å². The van der Waals surface area contributed by atoms with E-state index in [-0.39, 0.29) is 5.82 Å².